The largest absolute Gasteiger partial charge is 0.333 e. The molecule has 3 aliphatic heterocycles. The van der Waals surface area contributed by atoms with E-state index in [1.54, 1.807) is 0 Å². The van der Waals surface area contributed by atoms with Crippen LogP contribution in [0.3, 0.4) is 0 Å². The highest BCUT2D eigenvalue weighted by atomic mass is 35.5. The summed E-state index contributed by atoms with van der Waals surface area (Å²) < 4.78 is 1.90. The Labute approximate surface area is 167 Å². The molecule has 26 heavy (non-hydrogen) atoms. The number of nitrogens with zero attached hydrogens (tertiary/aromatic N) is 5. The van der Waals surface area contributed by atoms with Gasteiger partial charge in [0, 0.05) is 19.1 Å². The summed E-state index contributed by atoms with van der Waals surface area (Å²) >= 11 is 0. The maximum atomic E-state index is 12.9. The van der Waals surface area contributed by atoms with E-state index in [-0.39, 0.29) is 30.7 Å². The van der Waals surface area contributed by atoms with Gasteiger partial charge in [0.1, 0.15) is 0 Å². The lowest BCUT2D eigenvalue weighted by molar-refractivity contribution is 0.0702. The average molecular weight is 405 g/mol. The number of aromatic nitrogens is 3. The number of carbonyl (C=O) groups excluding carboxylic acids is 1. The van der Waals surface area contributed by atoms with E-state index < -0.39 is 0 Å². The number of halogens is 2. The summed E-state index contributed by atoms with van der Waals surface area (Å²) in [5.41, 5.74) is 0.516. The van der Waals surface area contributed by atoms with E-state index in [1.165, 1.54) is 25.9 Å². The molecule has 3 fully saturated rings. The summed E-state index contributed by atoms with van der Waals surface area (Å²) in [5, 5.41) is 11.8. The molecule has 0 radical (unpaired) electrons. The number of likely N-dealkylation sites (tertiary alicyclic amines) is 2. The number of rotatable bonds is 4. The smallest absolute Gasteiger partial charge is 0.276 e. The van der Waals surface area contributed by atoms with Crippen molar-refractivity contribution in [1.82, 2.24) is 30.1 Å². The Hall–Kier alpha value is -0.890. The molecule has 9 heteroatoms. The zero-order valence-electron chi connectivity index (χ0n) is 15.2. The average Bonchev–Trinajstić information content (AvgIpc) is 3.37. The number of carbonyl (C=O) groups is 1. The van der Waals surface area contributed by atoms with Crippen LogP contribution >= 0.6 is 24.8 Å². The minimum absolute atomic E-state index is 0. The lowest BCUT2D eigenvalue weighted by Crippen LogP contribution is -2.42. The van der Waals surface area contributed by atoms with Crippen LogP contribution in [-0.4, -0.2) is 76.0 Å². The minimum Gasteiger partial charge on any atom is -0.333 e. The maximum Gasteiger partial charge on any atom is 0.276 e. The van der Waals surface area contributed by atoms with Crippen LogP contribution in [0.1, 0.15) is 55.1 Å². The van der Waals surface area contributed by atoms with Gasteiger partial charge in [0.2, 0.25) is 0 Å². The van der Waals surface area contributed by atoms with Crippen LogP contribution in [0.2, 0.25) is 0 Å². The maximum absolute atomic E-state index is 12.9. The number of amides is 1. The monoisotopic (exact) mass is 404 g/mol. The molecule has 7 nitrogen and oxygen atoms in total. The van der Waals surface area contributed by atoms with Gasteiger partial charge in [-0.2, -0.15) is 0 Å². The Morgan fingerprint density at radius 2 is 1.81 bits per heavy atom. The Morgan fingerprint density at radius 3 is 2.54 bits per heavy atom. The van der Waals surface area contributed by atoms with Crippen molar-refractivity contribution in [2.75, 3.05) is 39.3 Å². The van der Waals surface area contributed by atoms with Gasteiger partial charge in [-0.15, -0.1) is 29.9 Å². The van der Waals surface area contributed by atoms with Crippen LogP contribution in [0.5, 0.6) is 0 Å². The zero-order chi connectivity index (χ0) is 16.4. The second-order valence-corrected chi connectivity index (χ2v) is 7.37. The van der Waals surface area contributed by atoms with E-state index in [9.17, 15) is 4.79 Å². The second-order valence-electron chi connectivity index (χ2n) is 7.37. The highest BCUT2D eigenvalue weighted by molar-refractivity contribution is 5.92. The molecule has 1 aromatic rings. The minimum atomic E-state index is 0. The first kappa shape index (κ1) is 21.4. The molecule has 3 aliphatic rings. The van der Waals surface area contributed by atoms with Crippen LogP contribution in [0.15, 0.2) is 6.20 Å². The summed E-state index contributed by atoms with van der Waals surface area (Å²) in [6, 6.07) is 0.721. The molecule has 1 N–H and O–H groups in total. The normalized spacial score (nSPS) is 24.3. The third-order valence-corrected chi connectivity index (χ3v) is 5.72. The summed E-state index contributed by atoms with van der Waals surface area (Å²) in [6.45, 7) is 6.27. The first-order chi connectivity index (χ1) is 11.8. The van der Waals surface area contributed by atoms with Crippen molar-refractivity contribution in [2.24, 2.45) is 0 Å². The highest BCUT2D eigenvalue weighted by Gasteiger charge is 2.33. The van der Waals surface area contributed by atoms with E-state index in [2.05, 4.69) is 20.5 Å². The van der Waals surface area contributed by atoms with Gasteiger partial charge in [0.05, 0.1) is 12.2 Å². The Kier molecular flexibility index (Phi) is 8.13. The van der Waals surface area contributed by atoms with Crippen LogP contribution < -0.4 is 5.32 Å². The fourth-order valence-electron chi connectivity index (χ4n) is 4.33. The molecule has 0 spiro atoms. The fourth-order valence-corrected chi connectivity index (χ4v) is 4.33. The van der Waals surface area contributed by atoms with E-state index >= 15 is 0 Å². The summed E-state index contributed by atoms with van der Waals surface area (Å²) in [5.74, 6) is 0.0666. The Morgan fingerprint density at radius 1 is 1.08 bits per heavy atom. The van der Waals surface area contributed by atoms with Crippen molar-refractivity contribution in [3.63, 3.8) is 0 Å². The molecule has 1 amide bonds. The summed E-state index contributed by atoms with van der Waals surface area (Å²) in [7, 11) is 0. The molecule has 0 saturated carbocycles. The molecule has 3 saturated heterocycles. The van der Waals surface area contributed by atoms with E-state index in [0.29, 0.717) is 17.8 Å². The van der Waals surface area contributed by atoms with Crippen molar-refractivity contribution in [3.8, 4) is 0 Å². The van der Waals surface area contributed by atoms with Crippen LogP contribution in [-0.2, 0) is 0 Å². The number of hydrogen-bond acceptors (Lipinski definition) is 5. The first-order valence-electron chi connectivity index (χ1n) is 9.47. The molecule has 0 aromatic carbocycles. The number of piperidine rings is 1. The van der Waals surface area contributed by atoms with Gasteiger partial charge in [-0.3, -0.25) is 4.79 Å². The third-order valence-electron chi connectivity index (χ3n) is 5.72. The SMILES string of the molecule is Cl.Cl.O=C(c1cn(C2CCNCC2)nn1)N1CCCC1CN1CCCC1. The Bertz CT molecular complexity index is 571. The summed E-state index contributed by atoms with van der Waals surface area (Å²) in [4.78, 5) is 17.4. The van der Waals surface area contributed by atoms with Crippen molar-refractivity contribution in [3.05, 3.63) is 11.9 Å². The second kappa shape index (κ2) is 9.88. The highest BCUT2D eigenvalue weighted by Crippen LogP contribution is 2.23. The van der Waals surface area contributed by atoms with Gasteiger partial charge in [-0.05, 0) is 64.7 Å². The standard InChI is InChI=1S/C17H28N6O.2ClH/c24-17(16-13-23(20-19-16)14-5-7-18-8-6-14)22-11-3-4-15(22)12-21-9-1-2-10-21;;/h13-15,18H,1-12H2;2*1H. The number of hydrogen-bond donors (Lipinski definition) is 1. The molecule has 0 aliphatic carbocycles. The van der Waals surface area contributed by atoms with E-state index in [1.807, 2.05) is 15.8 Å². The molecular weight excluding hydrogens is 375 g/mol. The lowest BCUT2D eigenvalue weighted by atomic mass is 10.1. The predicted molar refractivity (Wildman–Crippen MR) is 105 cm³/mol. The Balaban J connectivity index is 0.00000121. The topological polar surface area (TPSA) is 66.3 Å². The van der Waals surface area contributed by atoms with Gasteiger partial charge in [0.25, 0.3) is 5.91 Å². The molecule has 1 atom stereocenters. The van der Waals surface area contributed by atoms with Crippen molar-refractivity contribution >= 4 is 30.7 Å². The molecule has 148 valence electrons. The van der Waals surface area contributed by atoms with Gasteiger partial charge < -0.3 is 15.1 Å². The molecule has 4 heterocycles. The molecule has 1 unspecified atom stereocenters. The van der Waals surface area contributed by atoms with Gasteiger partial charge in [-0.1, -0.05) is 5.21 Å². The third kappa shape index (κ3) is 4.68. The molecule has 1 aromatic heterocycles. The molecule has 4 rings (SSSR count). The van der Waals surface area contributed by atoms with Crippen molar-refractivity contribution in [2.45, 2.75) is 50.6 Å². The molecular formula is C17H30Cl2N6O. The van der Waals surface area contributed by atoms with Gasteiger partial charge in [0.15, 0.2) is 5.69 Å². The quantitative estimate of drug-likeness (QED) is 0.827. The van der Waals surface area contributed by atoms with Crippen molar-refractivity contribution in [1.29, 1.82) is 0 Å². The van der Waals surface area contributed by atoms with Crippen LogP contribution in [0.4, 0.5) is 0 Å². The number of nitrogens with one attached hydrogen (secondary N) is 1. The predicted octanol–water partition coefficient (Wildman–Crippen LogP) is 1.75. The van der Waals surface area contributed by atoms with Gasteiger partial charge >= 0.3 is 0 Å². The van der Waals surface area contributed by atoms with Crippen LogP contribution in [0.25, 0.3) is 0 Å². The van der Waals surface area contributed by atoms with E-state index in [0.717, 1.165) is 51.9 Å². The van der Waals surface area contributed by atoms with Gasteiger partial charge in [-0.25, -0.2) is 4.68 Å². The summed E-state index contributed by atoms with van der Waals surface area (Å²) in [6.07, 6.45) is 8.79. The first-order valence-corrected chi connectivity index (χ1v) is 9.47. The van der Waals surface area contributed by atoms with Crippen LogP contribution in [0, 0.1) is 0 Å². The van der Waals surface area contributed by atoms with E-state index in [4.69, 9.17) is 0 Å². The van der Waals surface area contributed by atoms with Crippen molar-refractivity contribution < 1.29 is 4.79 Å². The fraction of sp³-hybridized carbons (Fsp3) is 0.824. The molecule has 0 bridgehead atoms. The zero-order valence-corrected chi connectivity index (χ0v) is 16.8. The lowest BCUT2D eigenvalue weighted by Gasteiger charge is -2.28.